The van der Waals surface area contributed by atoms with Gasteiger partial charge < -0.3 is 42.4 Å². The highest BCUT2D eigenvalue weighted by Gasteiger charge is 2.39. The average molecular weight is 723 g/mol. The lowest BCUT2D eigenvalue weighted by Crippen LogP contribution is -2.63. The Morgan fingerprint density at radius 2 is 1.45 bits per heavy atom. The third-order valence-electron chi connectivity index (χ3n) is 10.0. The van der Waals surface area contributed by atoms with Gasteiger partial charge in [0.05, 0.1) is 12.6 Å². The van der Waals surface area contributed by atoms with Crippen LogP contribution in [0.2, 0.25) is 0 Å². The van der Waals surface area contributed by atoms with E-state index in [1.54, 1.807) is 11.9 Å². The van der Waals surface area contributed by atoms with Crippen LogP contribution in [0, 0.1) is 11.8 Å². The van der Waals surface area contributed by atoms with Gasteiger partial charge in [-0.2, -0.15) is 0 Å². The van der Waals surface area contributed by atoms with Gasteiger partial charge in [-0.05, 0) is 70.4 Å². The summed E-state index contributed by atoms with van der Waals surface area (Å²) in [4.78, 5) is 73.9. The van der Waals surface area contributed by atoms with E-state index < -0.39 is 54.0 Å². The molecular formula is C37H70N8O6. The van der Waals surface area contributed by atoms with Crippen LogP contribution in [0.4, 0.5) is 0 Å². The van der Waals surface area contributed by atoms with E-state index in [1.165, 1.54) is 0 Å². The van der Waals surface area contributed by atoms with Crippen molar-refractivity contribution < 1.29 is 28.7 Å². The number of carbonyl (C=O) groups excluding carboxylic acids is 5. The number of nitrogens with zero attached hydrogens (tertiary/aromatic N) is 2. The molecule has 1 saturated carbocycles. The summed E-state index contributed by atoms with van der Waals surface area (Å²) in [6.45, 7) is 11.5. The van der Waals surface area contributed by atoms with Crippen molar-refractivity contribution in [1.82, 2.24) is 31.1 Å². The number of ether oxygens (including phenoxy) is 1. The molecule has 2 aliphatic rings. The fraction of sp³-hybridized carbons (Fsp3) is 0.865. The summed E-state index contributed by atoms with van der Waals surface area (Å²) in [7, 11) is 1.69. The van der Waals surface area contributed by atoms with Crippen LogP contribution in [-0.2, 0) is 28.7 Å². The summed E-state index contributed by atoms with van der Waals surface area (Å²) in [5.74, 6) is -2.17. The molecule has 2 fully saturated rings. The van der Waals surface area contributed by atoms with E-state index in [1.807, 2.05) is 20.8 Å². The first-order valence-corrected chi connectivity index (χ1v) is 19.6. The van der Waals surface area contributed by atoms with E-state index in [2.05, 4.69) is 40.0 Å². The minimum Gasteiger partial charge on any atom is -0.379 e. The Hall–Kier alpha value is -2.81. The Labute approximate surface area is 306 Å². The largest absolute Gasteiger partial charge is 0.379 e. The molecule has 294 valence electrons. The van der Waals surface area contributed by atoms with Crippen molar-refractivity contribution in [3.8, 4) is 0 Å². The molecule has 0 spiro atoms. The van der Waals surface area contributed by atoms with Crippen molar-refractivity contribution in [2.75, 3.05) is 46.4 Å². The van der Waals surface area contributed by atoms with Gasteiger partial charge in [0.2, 0.25) is 29.5 Å². The van der Waals surface area contributed by atoms with Crippen molar-refractivity contribution >= 4 is 29.5 Å². The molecule has 0 radical (unpaired) electrons. The maximum absolute atomic E-state index is 14.6. The molecule has 1 saturated heterocycles. The number of likely N-dealkylation sites (N-methyl/N-ethyl adjacent to an activating group) is 1. The van der Waals surface area contributed by atoms with E-state index >= 15 is 0 Å². The van der Waals surface area contributed by atoms with E-state index in [0.29, 0.717) is 45.5 Å². The highest BCUT2D eigenvalue weighted by molar-refractivity contribution is 5.96. The zero-order valence-electron chi connectivity index (χ0n) is 32.3. The summed E-state index contributed by atoms with van der Waals surface area (Å²) in [5.41, 5.74) is 11.6. The maximum Gasteiger partial charge on any atom is 0.245 e. The van der Waals surface area contributed by atoms with Crippen LogP contribution in [0.25, 0.3) is 0 Å². The number of hydrogen-bond donors (Lipinski definition) is 6. The molecule has 14 nitrogen and oxygen atoms in total. The lowest BCUT2D eigenvalue weighted by molar-refractivity contribution is -0.145. The van der Waals surface area contributed by atoms with Gasteiger partial charge in [0.1, 0.15) is 24.2 Å². The summed E-state index contributed by atoms with van der Waals surface area (Å²) >= 11 is 0. The van der Waals surface area contributed by atoms with Gasteiger partial charge in [0.25, 0.3) is 0 Å². The third kappa shape index (κ3) is 14.6. The molecule has 1 aliphatic heterocycles. The Morgan fingerprint density at radius 1 is 0.804 bits per heavy atom. The van der Waals surface area contributed by atoms with Gasteiger partial charge >= 0.3 is 0 Å². The Balaban J connectivity index is 2.64. The first-order chi connectivity index (χ1) is 24.4. The zero-order valence-corrected chi connectivity index (χ0v) is 32.3. The summed E-state index contributed by atoms with van der Waals surface area (Å²) in [6.07, 6.45) is 9.45. The van der Waals surface area contributed by atoms with Crippen molar-refractivity contribution in [2.24, 2.45) is 23.3 Å². The van der Waals surface area contributed by atoms with Crippen LogP contribution in [0.15, 0.2) is 0 Å². The second-order valence-corrected chi connectivity index (χ2v) is 15.0. The van der Waals surface area contributed by atoms with Crippen LogP contribution in [-0.4, -0.2) is 122 Å². The number of nitrogens with two attached hydrogens (primary N) is 2. The first kappa shape index (κ1) is 44.4. The van der Waals surface area contributed by atoms with Crippen molar-refractivity contribution in [1.29, 1.82) is 0 Å². The van der Waals surface area contributed by atoms with E-state index in [4.69, 9.17) is 16.2 Å². The molecule has 0 bridgehead atoms. The summed E-state index contributed by atoms with van der Waals surface area (Å²) < 4.78 is 5.72. The van der Waals surface area contributed by atoms with Crippen molar-refractivity contribution in [2.45, 2.75) is 148 Å². The quantitative estimate of drug-likeness (QED) is 0.135. The molecule has 6 atom stereocenters. The second-order valence-electron chi connectivity index (χ2n) is 15.0. The molecule has 1 aliphatic carbocycles. The molecule has 8 N–H and O–H groups in total. The van der Waals surface area contributed by atoms with Crippen LogP contribution in [0.3, 0.4) is 0 Å². The molecule has 2 rings (SSSR count). The lowest BCUT2D eigenvalue weighted by Gasteiger charge is -2.39. The fourth-order valence-electron chi connectivity index (χ4n) is 7.06. The van der Waals surface area contributed by atoms with Crippen LogP contribution < -0.4 is 32.7 Å². The Kier molecular flexibility index (Phi) is 20.6. The van der Waals surface area contributed by atoms with Crippen LogP contribution in [0.5, 0.6) is 0 Å². The number of nitrogens with one attached hydrogen (secondary N) is 4. The smallest absolute Gasteiger partial charge is 0.245 e. The molecular weight excluding hydrogens is 652 g/mol. The molecule has 51 heavy (non-hydrogen) atoms. The molecule has 0 aromatic carbocycles. The lowest BCUT2D eigenvalue weighted by atomic mass is 9.83. The number of unbranched alkanes of at least 4 members (excludes halogenated alkanes) is 2. The van der Waals surface area contributed by atoms with Crippen LogP contribution in [0.1, 0.15) is 112 Å². The highest BCUT2D eigenvalue weighted by Crippen LogP contribution is 2.27. The monoisotopic (exact) mass is 723 g/mol. The van der Waals surface area contributed by atoms with Gasteiger partial charge in [-0.3, -0.25) is 28.9 Å². The molecule has 1 heterocycles. The predicted octanol–water partition coefficient (Wildman–Crippen LogP) is 1.40. The number of rotatable bonds is 15. The summed E-state index contributed by atoms with van der Waals surface area (Å²) in [6, 6.07) is -4.86. The van der Waals surface area contributed by atoms with Crippen LogP contribution >= 0.6 is 0 Å². The van der Waals surface area contributed by atoms with Gasteiger partial charge in [-0.15, -0.1) is 0 Å². The summed E-state index contributed by atoms with van der Waals surface area (Å²) in [5, 5.41) is 11.6. The van der Waals surface area contributed by atoms with E-state index in [0.717, 1.165) is 57.8 Å². The Bertz CT molecular complexity index is 1090. The van der Waals surface area contributed by atoms with Crippen molar-refractivity contribution in [3.05, 3.63) is 0 Å². The molecule has 5 amide bonds. The van der Waals surface area contributed by atoms with Gasteiger partial charge in [0.15, 0.2) is 0 Å². The number of hydrogen-bond acceptors (Lipinski definition) is 9. The topological polar surface area (TPSA) is 201 Å². The molecule has 0 aromatic heterocycles. The molecule has 0 aromatic rings. The van der Waals surface area contributed by atoms with Gasteiger partial charge in [-0.25, -0.2) is 0 Å². The average Bonchev–Trinajstić information content (AvgIpc) is 3.11. The van der Waals surface area contributed by atoms with Crippen molar-refractivity contribution in [3.63, 3.8) is 0 Å². The standard InChI is InChI=1S/C37H70N8O6/c1-7-9-17-30-37(50)44(6)31(21-25(3)4)35(48)43-32(27-15-12-11-13-16-27)36(49)41-28(22-39)33(46)42-29(24-51-20-14-18-38)34(47)40-26(5)23-45(30)19-10-8-2/h25-32H,7-24,38-39H2,1-6H3,(H,40,47)(H,41,49)(H,42,46)(H,43,48)/t26-,28+,29+,30+,31+,32+/m1/s1. The predicted molar refractivity (Wildman–Crippen MR) is 199 cm³/mol. The van der Waals surface area contributed by atoms with E-state index in [-0.39, 0.29) is 36.8 Å². The highest BCUT2D eigenvalue weighted by atomic mass is 16.5. The fourth-order valence-corrected chi connectivity index (χ4v) is 7.06. The zero-order chi connectivity index (χ0) is 37.9. The number of carbonyl (C=O) groups is 5. The number of amides is 5. The first-order valence-electron chi connectivity index (χ1n) is 19.6. The van der Waals surface area contributed by atoms with Gasteiger partial charge in [0, 0.05) is 32.8 Å². The second kappa shape index (κ2) is 23.7. The maximum atomic E-state index is 14.6. The third-order valence-corrected chi connectivity index (χ3v) is 10.0. The Morgan fingerprint density at radius 3 is 2.06 bits per heavy atom. The minimum atomic E-state index is -1.16. The molecule has 0 unspecified atom stereocenters. The van der Waals surface area contributed by atoms with E-state index in [9.17, 15) is 24.0 Å². The SMILES string of the molecule is CCCC[C@H]1C(=O)N(C)[C@@H](CC(C)C)C(=O)N[C@@H](C2CCCCC2)C(=O)N[C@@H](CN)C(=O)N[C@@H](COCCCN)C(=O)N[C@H](C)CN1CCCC. The van der Waals surface area contributed by atoms with Gasteiger partial charge in [-0.1, -0.05) is 66.2 Å². The molecule has 14 heteroatoms. The minimum absolute atomic E-state index is 0.0916. The normalized spacial score (nSPS) is 27.4.